The number of carbonyl (C=O) groups excluding carboxylic acids is 1. The summed E-state index contributed by atoms with van der Waals surface area (Å²) in [5.41, 5.74) is 0.641. The van der Waals surface area contributed by atoms with Crippen molar-refractivity contribution in [3.05, 3.63) is 24.3 Å². The molecule has 3 aliphatic rings. The smallest absolute Gasteiger partial charge is 0.387 e. The maximum Gasteiger partial charge on any atom is 0.387 e. The van der Waals surface area contributed by atoms with Gasteiger partial charge < -0.3 is 19.7 Å². The molecule has 0 saturated carbocycles. The van der Waals surface area contributed by atoms with Crippen molar-refractivity contribution in [3.8, 4) is 5.75 Å². The fourth-order valence-electron chi connectivity index (χ4n) is 4.23. The molecule has 3 saturated heterocycles. The van der Waals surface area contributed by atoms with E-state index < -0.39 is 6.61 Å². The van der Waals surface area contributed by atoms with Crippen molar-refractivity contribution in [1.29, 1.82) is 0 Å². The van der Waals surface area contributed by atoms with E-state index in [-0.39, 0.29) is 35.8 Å². The molecule has 3 heterocycles. The summed E-state index contributed by atoms with van der Waals surface area (Å²) in [6, 6.07) is 6.80. The first-order chi connectivity index (χ1) is 12.1. The van der Waals surface area contributed by atoms with Crippen molar-refractivity contribution in [2.75, 3.05) is 18.0 Å². The van der Waals surface area contributed by atoms with Crippen molar-refractivity contribution in [2.45, 2.75) is 50.5 Å². The third kappa shape index (κ3) is 3.42. The zero-order valence-electron chi connectivity index (χ0n) is 13.9. The molecule has 1 amide bonds. The van der Waals surface area contributed by atoms with E-state index in [0.717, 1.165) is 25.7 Å². The van der Waals surface area contributed by atoms with E-state index in [4.69, 9.17) is 4.74 Å². The fraction of sp³-hybridized carbons (Fsp3) is 0.611. The second-order valence-corrected chi connectivity index (χ2v) is 7.00. The number of rotatable bonds is 5. The third-order valence-electron chi connectivity index (χ3n) is 5.40. The number of fused-ring (bicyclic) bond motifs is 2. The Morgan fingerprint density at radius 1 is 1.28 bits per heavy atom. The summed E-state index contributed by atoms with van der Waals surface area (Å²) >= 11 is 0. The molecule has 0 radical (unpaired) electrons. The molecular weight excluding hydrogens is 330 g/mol. The molecule has 0 spiro atoms. The monoisotopic (exact) mass is 352 g/mol. The molecule has 136 valence electrons. The number of ether oxygens (including phenoxy) is 2. The number of para-hydroxylation sites is 2. The number of halogens is 2. The second-order valence-electron chi connectivity index (χ2n) is 7.00. The zero-order chi connectivity index (χ0) is 17.4. The van der Waals surface area contributed by atoms with Crippen LogP contribution in [-0.2, 0) is 9.53 Å². The second kappa shape index (κ2) is 6.78. The van der Waals surface area contributed by atoms with Crippen LogP contribution in [0.25, 0.3) is 0 Å². The zero-order valence-corrected chi connectivity index (χ0v) is 13.9. The minimum Gasteiger partial charge on any atom is -0.433 e. The minimum atomic E-state index is -2.85. The molecule has 4 unspecified atom stereocenters. The Morgan fingerprint density at radius 3 is 2.84 bits per heavy atom. The number of hydrogen-bond acceptors (Lipinski definition) is 4. The van der Waals surface area contributed by atoms with Crippen LogP contribution in [0.1, 0.15) is 25.7 Å². The Morgan fingerprint density at radius 2 is 2.12 bits per heavy atom. The molecule has 1 N–H and O–H groups in total. The Hall–Kier alpha value is -1.89. The predicted molar refractivity (Wildman–Crippen MR) is 87.8 cm³/mol. The summed E-state index contributed by atoms with van der Waals surface area (Å²) < 4.78 is 35.5. The molecule has 1 aromatic rings. The minimum absolute atomic E-state index is 0.0197. The van der Waals surface area contributed by atoms with E-state index in [0.29, 0.717) is 18.8 Å². The molecule has 2 bridgehead atoms. The number of hydrogen-bond donors (Lipinski definition) is 1. The normalized spacial score (nSPS) is 30.9. The number of alkyl halides is 2. The van der Waals surface area contributed by atoms with Gasteiger partial charge in [-0.2, -0.15) is 8.78 Å². The van der Waals surface area contributed by atoms with Gasteiger partial charge in [0.1, 0.15) is 5.75 Å². The number of carbonyl (C=O) groups is 1. The lowest BCUT2D eigenvalue weighted by molar-refractivity contribution is -0.127. The van der Waals surface area contributed by atoms with Gasteiger partial charge in [0.05, 0.1) is 23.8 Å². The highest BCUT2D eigenvalue weighted by Gasteiger charge is 2.45. The van der Waals surface area contributed by atoms with Crippen LogP contribution in [0.4, 0.5) is 14.5 Å². The summed E-state index contributed by atoms with van der Waals surface area (Å²) in [4.78, 5) is 14.5. The lowest BCUT2D eigenvalue weighted by Gasteiger charge is -2.23. The Kier molecular flexibility index (Phi) is 4.50. The number of nitrogens with zero attached hydrogens (tertiary/aromatic N) is 1. The number of nitrogens with one attached hydrogen (secondary N) is 1. The first-order valence-corrected chi connectivity index (χ1v) is 8.85. The highest BCUT2D eigenvalue weighted by molar-refractivity contribution is 5.80. The van der Waals surface area contributed by atoms with Gasteiger partial charge in [-0.05, 0) is 37.8 Å². The largest absolute Gasteiger partial charge is 0.433 e. The molecule has 25 heavy (non-hydrogen) atoms. The summed E-state index contributed by atoms with van der Waals surface area (Å²) in [5, 5.41) is 3.12. The van der Waals surface area contributed by atoms with Crippen LogP contribution in [0.2, 0.25) is 0 Å². The van der Waals surface area contributed by atoms with E-state index in [1.54, 1.807) is 24.3 Å². The predicted octanol–water partition coefficient (Wildman–Crippen LogP) is 2.55. The Bertz CT molecular complexity index is 643. The molecular formula is C18H22F2N2O3. The molecule has 1 aromatic carbocycles. The summed E-state index contributed by atoms with van der Waals surface area (Å²) in [6.07, 6.45) is 3.96. The number of benzene rings is 1. The van der Waals surface area contributed by atoms with Crippen LogP contribution < -0.4 is 15.0 Å². The standard InChI is InChI=1S/C18H22F2N2O3/c19-18(20)25-16-4-2-1-3-14(16)22-8-7-11(10-22)21-17(23)13-9-12-5-6-15(13)24-12/h1-4,11-13,15,18H,5-10H2,(H,21,23). The van der Waals surface area contributed by atoms with Gasteiger partial charge in [0.15, 0.2) is 0 Å². The van der Waals surface area contributed by atoms with Crippen molar-refractivity contribution in [3.63, 3.8) is 0 Å². The SMILES string of the molecule is O=C(NC1CCN(c2ccccc2OC(F)F)C1)C1CC2CCC1O2. The third-order valence-corrected chi connectivity index (χ3v) is 5.40. The summed E-state index contributed by atoms with van der Waals surface area (Å²) in [7, 11) is 0. The first-order valence-electron chi connectivity index (χ1n) is 8.85. The maximum absolute atomic E-state index is 12.6. The van der Waals surface area contributed by atoms with E-state index in [1.165, 1.54) is 0 Å². The quantitative estimate of drug-likeness (QED) is 0.885. The fourth-order valence-corrected chi connectivity index (χ4v) is 4.23. The maximum atomic E-state index is 12.6. The topological polar surface area (TPSA) is 50.8 Å². The van der Waals surface area contributed by atoms with Gasteiger partial charge >= 0.3 is 6.61 Å². The average Bonchev–Trinajstić information content (AvgIpc) is 3.31. The van der Waals surface area contributed by atoms with Crippen LogP contribution in [0.5, 0.6) is 5.75 Å². The Labute approximate surface area is 145 Å². The number of amides is 1. The molecule has 3 fully saturated rings. The molecule has 0 aliphatic carbocycles. The molecule has 0 aromatic heterocycles. The molecule has 4 rings (SSSR count). The average molecular weight is 352 g/mol. The van der Waals surface area contributed by atoms with Crippen LogP contribution in [0.3, 0.4) is 0 Å². The van der Waals surface area contributed by atoms with Gasteiger partial charge in [-0.15, -0.1) is 0 Å². The van der Waals surface area contributed by atoms with Gasteiger partial charge in [-0.25, -0.2) is 0 Å². The first kappa shape index (κ1) is 16.6. The van der Waals surface area contributed by atoms with Crippen LogP contribution in [-0.4, -0.2) is 43.9 Å². The van der Waals surface area contributed by atoms with Gasteiger partial charge in [-0.3, -0.25) is 4.79 Å². The van der Waals surface area contributed by atoms with Gasteiger partial charge in [0.2, 0.25) is 5.91 Å². The van der Waals surface area contributed by atoms with Crippen molar-refractivity contribution in [2.24, 2.45) is 5.92 Å². The van der Waals surface area contributed by atoms with E-state index >= 15 is 0 Å². The molecule has 4 atom stereocenters. The molecule has 5 nitrogen and oxygen atoms in total. The highest BCUT2D eigenvalue weighted by atomic mass is 19.3. The van der Waals surface area contributed by atoms with Crippen LogP contribution >= 0.6 is 0 Å². The van der Waals surface area contributed by atoms with E-state index in [1.807, 2.05) is 4.90 Å². The van der Waals surface area contributed by atoms with Crippen LogP contribution in [0.15, 0.2) is 24.3 Å². The summed E-state index contributed by atoms with van der Waals surface area (Å²) in [5.74, 6) is 0.199. The van der Waals surface area contributed by atoms with Crippen molar-refractivity contribution in [1.82, 2.24) is 5.32 Å². The van der Waals surface area contributed by atoms with Gasteiger partial charge in [0.25, 0.3) is 0 Å². The molecule has 7 heteroatoms. The lowest BCUT2D eigenvalue weighted by atomic mass is 9.88. The van der Waals surface area contributed by atoms with Crippen molar-refractivity contribution >= 4 is 11.6 Å². The van der Waals surface area contributed by atoms with Crippen LogP contribution in [0, 0.1) is 5.92 Å². The van der Waals surface area contributed by atoms with E-state index in [2.05, 4.69) is 10.1 Å². The Balaban J connectivity index is 1.36. The number of anilines is 1. The van der Waals surface area contributed by atoms with Gasteiger partial charge in [0, 0.05) is 19.1 Å². The van der Waals surface area contributed by atoms with E-state index in [9.17, 15) is 13.6 Å². The highest BCUT2D eigenvalue weighted by Crippen LogP contribution is 2.39. The summed E-state index contributed by atoms with van der Waals surface area (Å²) in [6.45, 7) is -1.56. The van der Waals surface area contributed by atoms with Gasteiger partial charge in [-0.1, -0.05) is 12.1 Å². The van der Waals surface area contributed by atoms with Crippen molar-refractivity contribution < 1.29 is 23.0 Å². The lowest BCUT2D eigenvalue weighted by Crippen LogP contribution is -2.43. The molecule has 3 aliphatic heterocycles.